The predicted octanol–water partition coefficient (Wildman–Crippen LogP) is 4.11. The van der Waals surface area contributed by atoms with Gasteiger partial charge in [-0.2, -0.15) is 0 Å². The summed E-state index contributed by atoms with van der Waals surface area (Å²) in [5, 5.41) is 5.97. The molecule has 2 N–H and O–H groups in total. The quantitative estimate of drug-likeness (QED) is 0.707. The zero-order valence-electron chi connectivity index (χ0n) is 12.1. The number of hydrogen-bond acceptors (Lipinski definition) is 4. The number of hydrogen-bond donors (Lipinski definition) is 2. The number of para-hydroxylation sites is 1. The number of furan rings is 1. The van der Waals surface area contributed by atoms with Crippen LogP contribution in [0.2, 0.25) is 0 Å². The first kappa shape index (κ1) is 15.3. The van der Waals surface area contributed by atoms with E-state index < -0.39 is 0 Å². The lowest BCUT2D eigenvalue weighted by Crippen LogP contribution is -2.22. The molecule has 5 nitrogen and oxygen atoms in total. The Morgan fingerprint density at radius 3 is 2.70 bits per heavy atom. The summed E-state index contributed by atoms with van der Waals surface area (Å²) in [5.74, 6) is 1.18. The maximum absolute atomic E-state index is 12.0. The van der Waals surface area contributed by atoms with Gasteiger partial charge in [0.05, 0.1) is 24.1 Å². The van der Waals surface area contributed by atoms with Crippen LogP contribution < -0.4 is 10.6 Å². The summed E-state index contributed by atoms with van der Waals surface area (Å²) in [6.45, 7) is 0.350. The molecule has 0 spiro atoms. The van der Waals surface area contributed by atoms with E-state index >= 15 is 0 Å². The van der Waals surface area contributed by atoms with E-state index in [9.17, 15) is 4.79 Å². The van der Waals surface area contributed by atoms with Crippen molar-refractivity contribution in [2.75, 3.05) is 5.32 Å². The average molecular weight is 372 g/mol. The van der Waals surface area contributed by atoms with Gasteiger partial charge in [0.15, 0.2) is 0 Å². The van der Waals surface area contributed by atoms with E-state index in [4.69, 9.17) is 4.42 Å². The van der Waals surface area contributed by atoms with Crippen molar-refractivity contribution in [1.82, 2.24) is 10.3 Å². The molecule has 6 heteroatoms. The van der Waals surface area contributed by atoms with Gasteiger partial charge in [0, 0.05) is 10.7 Å². The summed E-state index contributed by atoms with van der Waals surface area (Å²) < 4.78 is 6.12. The molecule has 0 atom stereocenters. The summed E-state index contributed by atoms with van der Waals surface area (Å²) in [7, 11) is 0. The first-order valence-corrected chi connectivity index (χ1v) is 7.80. The van der Waals surface area contributed by atoms with E-state index in [0.717, 1.165) is 10.2 Å². The standard InChI is InChI=1S/C17H14BrN3O2/c18-14-5-1-2-6-15(14)21-16-8-7-12(10-19-16)17(22)20-11-13-4-3-9-23-13/h1-10H,11H2,(H,19,21)(H,20,22). The Morgan fingerprint density at radius 1 is 1.13 bits per heavy atom. The first-order valence-electron chi connectivity index (χ1n) is 7.00. The molecule has 3 rings (SSSR count). The van der Waals surface area contributed by atoms with E-state index in [0.29, 0.717) is 23.7 Å². The molecular formula is C17H14BrN3O2. The first-order chi connectivity index (χ1) is 11.2. The molecule has 0 saturated heterocycles. The lowest BCUT2D eigenvalue weighted by molar-refractivity contribution is 0.0947. The van der Waals surface area contributed by atoms with E-state index in [1.165, 1.54) is 6.20 Å². The number of amides is 1. The fourth-order valence-corrected chi connectivity index (χ4v) is 2.37. The minimum absolute atomic E-state index is 0.193. The van der Waals surface area contributed by atoms with Crippen LogP contribution in [-0.2, 0) is 6.54 Å². The Bertz CT molecular complexity index is 786. The Kier molecular flexibility index (Phi) is 4.73. The number of pyridine rings is 1. The second-order valence-electron chi connectivity index (χ2n) is 4.80. The predicted molar refractivity (Wildman–Crippen MR) is 91.5 cm³/mol. The number of carbonyl (C=O) groups is 1. The van der Waals surface area contributed by atoms with Crippen LogP contribution in [0.25, 0.3) is 0 Å². The van der Waals surface area contributed by atoms with Gasteiger partial charge in [-0.25, -0.2) is 4.98 Å². The van der Waals surface area contributed by atoms with Crippen molar-refractivity contribution in [3.05, 3.63) is 76.8 Å². The van der Waals surface area contributed by atoms with Crippen molar-refractivity contribution in [2.24, 2.45) is 0 Å². The van der Waals surface area contributed by atoms with Crippen molar-refractivity contribution in [3.63, 3.8) is 0 Å². The van der Waals surface area contributed by atoms with Crippen molar-refractivity contribution in [1.29, 1.82) is 0 Å². The second kappa shape index (κ2) is 7.11. The summed E-state index contributed by atoms with van der Waals surface area (Å²) in [5.41, 5.74) is 1.41. The molecule has 0 radical (unpaired) electrons. The molecule has 0 aliphatic rings. The highest BCUT2D eigenvalue weighted by Gasteiger charge is 2.07. The fraction of sp³-hybridized carbons (Fsp3) is 0.0588. The van der Waals surface area contributed by atoms with Gasteiger partial charge in [0.2, 0.25) is 0 Å². The van der Waals surface area contributed by atoms with Gasteiger partial charge >= 0.3 is 0 Å². The molecule has 2 heterocycles. The number of rotatable bonds is 5. The van der Waals surface area contributed by atoms with E-state index in [2.05, 4.69) is 31.5 Å². The third-order valence-electron chi connectivity index (χ3n) is 3.17. The van der Waals surface area contributed by atoms with E-state index in [-0.39, 0.29) is 5.91 Å². The molecule has 0 bridgehead atoms. The Labute approximate surface area is 141 Å². The van der Waals surface area contributed by atoms with Gasteiger partial charge in [0.25, 0.3) is 5.91 Å². The van der Waals surface area contributed by atoms with E-state index in [1.807, 2.05) is 30.3 Å². The molecule has 2 aromatic heterocycles. The highest BCUT2D eigenvalue weighted by atomic mass is 79.9. The summed E-state index contributed by atoms with van der Waals surface area (Å²) in [6, 6.07) is 14.8. The molecule has 0 unspecified atom stereocenters. The van der Waals surface area contributed by atoms with Crippen LogP contribution in [-0.4, -0.2) is 10.9 Å². The van der Waals surface area contributed by atoms with Crippen LogP contribution in [0.4, 0.5) is 11.5 Å². The van der Waals surface area contributed by atoms with Gasteiger partial charge in [-0.3, -0.25) is 4.79 Å². The highest BCUT2D eigenvalue weighted by molar-refractivity contribution is 9.10. The Balaban J connectivity index is 1.62. The maximum atomic E-state index is 12.0. The van der Waals surface area contributed by atoms with Gasteiger partial charge in [-0.1, -0.05) is 12.1 Å². The van der Waals surface area contributed by atoms with Crippen LogP contribution in [0.15, 0.2) is 69.9 Å². The minimum Gasteiger partial charge on any atom is -0.467 e. The molecular weight excluding hydrogens is 358 g/mol. The monoisotopic (exact) mass is 371 g/mol. The number of halogens is 1. The molecule has 3 aromatic rings. The van der Waals surface area contributed by atoms with Crippen LogP contribution in [0.1, 0.15) is 16.1 Å². The normalized spacial score (nSPS) is 10.3. The van der Waals surface area contributed by atoms with Crippen molar-refractivity contribution >= 4 is 33.3 Å². The number of benzene rings is 1. The van der Waals surface area contributed by atoms with Gasteiger partial charge in [-0.05, 0) is 52.3 Å². The number of aromatic nitrogens is 1. The topological polar surface area (TPSA) is 67.2 Å². The van der Waals surface area contributed by atoms with Crippen molar-refractivity contribution < 1.29 is 9.21 Å². The van der Waals surface area contributed by atoms with Crippen LogP contribution >= 0.6 is 15.9 Å². The molecule has 0 fully saturated rings. The molecule has 0 saturated carbocycles. The number of anilines is 2. The molecule has 116 valence electrons. The summed E-state index contributed by atoms with van der Waals surface area (Å²) in [6.07, 6.45) is 3.11. The molecule has 0 aliphatic carbocycles. The van der Waals surface area contributed by atoms with Crippen molar-refractivity contribution in [3.8, 4) is 0 Å². The molecule has 23 heavy (non-hydrogen) atoms. The SMILES string of the molecule is O=C(NCc1ccco1)c1ccc(Nc2ccccc2Br)nc1. The summed E-state index contributed by atoms with van der Waals surface area (Å²) in [4.78, 5) is 16.3. The van der Waals surface area contributed by atoms with E-state index in [1.54, 1.807) is 24.5 Å². The minimum atomic E-state index is -0.193. The zero-order valence-corrected chi connectivity index (χ0v) is 13.7. The third-order valence-corrected chi connectivity index (χ3v) is 3.86. The van der Waals surface area contributed by atoms with Crippen LogP contribution in [0.3, 0.4) is 0 Å². The average Bonchev–Trinajstić information content (AvgIpc) is 3.09. The summed E-state index contributed by atoms with van der Waals surface area (Å²) >= 11 is 3.47. The Hall–Kier alpha value is -2.60. The largest absolute Gasteiger partial charge is 0.467 e. The number of nitrogens with zero attached hydrogens (tertiary/aromatic N) is 1. The molecule has 1 aromatic carbocycles. The van der Waals surface area contributed by atoms with Crippen LogP contribution in [0.5, 0.6) is 0 Å². The maximum Gasteiger partial charge on any atom is 0.253 e. The highest BCUT2D eigenvalue weighted by Crippen LogP contribution is 2.24. The number of carbonyl (C=O) groups excluding carboxylic acids is 1. The molecule has 0 aliphatic heterocycles. The number of nitrogens with one attached hydrogen (secondary N) is 2. The second-order valence-corrected chi connectivity index (χ2v) is 5.65. The zero-order chi connectivity index (χ0) is 16.1. The molecule has 1 amide bonds. The van der Waals surface area contributed by atoms with Gasteiger partial charge < -0.3 is 15.1 Å². The lowest BCUT2D eigenvalue weighted by Gasteiger charge is -2.08. The smallest absolute Gasteiger partial charge is 0.253 e. The third kappa shape index (κ3) is 3.98. The van der Waals surface area contributed by atoms with Gasteiger partial charge in [0.1, 0.15) is 11.6 Å². The van der Waals surface area contributed by atoms with Gasteiger partial charge in [-0.15, -0.1) is 0 Å². The van der Waals surface area contributed by atoms with Crippen molar-refractivity contribution in [2.45, 2.75) is 6.54 Å². The lowest BCUT2D eigenvalue weighted by atomic mass is 10.2. The van der Waals surface area contributed by atoms with Crippen LogP contribution in [0, 0.1) is 0 Å². The fourth-order valence-electron chi connectivity index (χ4n) is 1.99. The Morgan fingerprint density at radius 2 is 2.00 bits per heavy atom.